The summed E-state index contributed by atoms with van der Waals surface area (Å²) >= 11 is 0. The van der Waals surface area contributed by atoms with Gasteiger partial charge in [-0.2, -0.15) is 0 Å². The maximum Gasteiger partial charge on any atom is 0.227 e. The molecule has 3 nitrogen and oxygen atoms in total. The van der Waals surface area contributed by atoms with Gasteiger partial charge in [0.1, 0.15) is 5.75 Å². The number of amides is 1. The van der Waals surface area contributed by atoms with Crippen molar-refractivity contribution < 1.29 is 9.53 Å². The minimum atomic E-state index is 0.0650. The SMILES string of the molecule is CC#CCC(C)N(C(=O)CCCC)c1ccc(OC)cc1. The lowest BCUT2D eigenvalue weighted by Gasteiger charge is -2.28. The Morgan fingerprint density at radius 2 is 2.00 bits per heavy atom. The van der Waals surface area contributed by atoms with Crippen LogP contribution in [0.1, 0.15) is 46.5 Å². The Hall–Kier alpha value is -1.95. The highest BCUT2D eigenvalue weighted by Crippen LogP contribution is 2.23. The van der Waals surface area contributed by atoms with Gasteiger partial charge >= 0.3 is 0 Å². The number of benzene rings is 1. The third-order valence-corrected chi connectivity index (χ3v) is 3.38. The van der Waals surface area contributed by atoms with Crippen molar-refractivity contribution in [2.75, 3.05) is 12.0 Å². The number of nitrogens with zero attached hydrogens (tertiary/aromatic N) is 1. The Labute approximate surface area is 128 Å². The average molecular weight is 287 g/mol. The summed E-state index contributed by atoms with van der Waals surface area (Å²) in [6, 6.07) is 7.69. The van der Waals surface area contributed by atoms with E-state index < -0.39 is 0 Å². The maximum atomic E-state index is 12.5. The molecule has 0 N–H and O–H groups in total. The zero-order valence-electron chi connectivity index (χ0n) is 13.5. The summed E-state index contributed by atoms with van der Waals surface area (Å²) in [6.45, 7) is 5.96. The first kappa shape index (κ1) is 17.1. The van der Waals surface area contributed by atoms with Crippen LogP contribution in [-0.2, 0) is 4.79 Å². The molecule has 21 heavy (non-hydrogen) atoms. The van der Waals surface area contributed by atoms with Crippen molar-refractivity contribution in [3.63, 3.8) is 0 Å². The topological polar surface area (TPSA) is 29.5 Å². The predicted octanol–water partition coefficient (Wildman–Crippen LogP) is 4.02. The Kier molecular flexibility index (Phi) is 7.39. The Morgan fingerprint density at radius 1 is 1.33 bits per heavy atom. The van der Waals surface area contributed by atoms with Gasteiger partial charge in [0.25, 0.3) is 0 Å². The third-order valence-electron chi connectivity index (χ3n) is 3.38. The number of rotatable bonds is 7. The molecule has 0 bridgehead atoms. The third kappa shape index (κ3) is 5.15. The molecule has 0 aliphatic rings. The van der Waals surface area contributed by atoms with Crippen molar-refractivity contribution in [3.05, 3.63) is 24.3 Å². The van der Waals surface area contributed by atoms with Crippen LogP contribution in [0.15, 0.2) is 24.3 Å². The molecule has 1 aromatic carbocycles. The number of carbonyl (C=O) groups is 1. The summed E-state index contributed by atoms with van der Waals surface area (Å²) < 4.78 is 5.17. The Balaban J connectivity index is 2.97. The second-order valence-electron chi connectivity index (χ2n) is 5.05. The fourth-order valence-corrected chi connectivity index (χ4v) is 2.18. The zero-order valence-corrected chi connectivity index (χ0v) is 13.5. The Morgan fingerprint density at radius 3 is 2.52 bits per heavy atom. The summed E-state index contributed by atoms with van der Waals surface area (Å²) in [7, 11) is 1.64. The van der Waals surface area contributed by atoms with E-state index in [1.807, 2.05) is 43.0 Å². The standard InChI is InChI=1S/C18H25NO2/c1-5-7-9-15(3)19(18(20)10-8-6-2)16-11-13-17(21-4)14-12-16/h11-15H,6,8-10H2,1-4H3. The normalized spacial score (nSPS) is 11.2. The molecule has 0 saturated heterocycles. The minimum absolute atomic E-state index is 0.0650. The van der Waals surface area contributed by atoms with Gasteiger partial charge in [0, 0.05) is 24.6 Å². The van der Waals surface area contributed by atoms with Crippen LogP contribution in [0.3, 0.4) is 0 Å². The maximum absolute atomic E-state index is 12.5. The summed E-state index contributed by atoms with van der Waals surface area (Å²) in [5, 5.41) is 0. The summed E-state index contributed by atoms with van der Waals surface area (Å²) in [6.07, 6.45) is 3.19. The molecule has 0 aliphatic carbocycles. The molecular formula is C18H25NO2. The van der Waals surface area contributed by atoms with Gasteiger partial charge in [-0.1, -0.05) is 13.3 Å². The molecule has 3 heteroatoms. The first-order valence-corrected chi connectivity index (χ1v) is 7.49. The van der Waals surface area contributed by atoms with Crippen LogP contribution in [0, 0.1) is 11.8 Å². The first-order valence-electron chi connectivity index (χ1n) is 7.49. The summed E-state index contributed by atoms with van der Waals surface area (Å²) in [5.41, 5.74) is 0.905. The van der Waals surface area contributed by atoms with Crippen LogP contribution in [0.25, 0.3) is 0 Å². The van der Waals surface area contributed by atoms with Crippen LogP contribution >= 0.6 is 0 Å². The van der Waals surface area contributed by atoms with Crippen molar-refractivity contribution in [3.8, 4) is 17.6 Å². The number of ether oxygens (including phenoxy) is 1. The molecule has 0 fully saturated rings. The van der Waals surface area contributed by atoms with E-state index in [-0.39, 0.29) is 11.9 Å². The van der Waals surface area contributed by atoms with E-state index in [4.69, 9.17) is 4.74 Å². The number of anilines is 1. The predicted molar refractivity (Wildman–Crippen MR) is 87.5 cm³/mol. The summed E-state index contributed by atoms with van der Waals surface area (Å²) in [4.78, 5) is 14.4. The van der Waals surface area contributed by atoms with Crippen LogP contribution in [0.4, 0.5) is 5.69 Å². The van der Waals surface area contributed by atoms with Gasteiger partial charge < -0.3 is 9.64 Å². The van der Waals surface area contributed by atoms with Gasteiger partial charge in [0.05, 0.1) is 7.11 Å². The first-order chi connectivity index (χ1) is 10.1. The van der Waals surface area contributed by atoms with E-state index in [0.717, 1.165) is 24.3 Å². The number of methoxy groups -OCH3 is 1. The molecule has 114 valence electrons. The lowest BCUT2D eigenvalue weighted by molar-refractivity contribution is -0.119. The van der Waals surface area contributed by atoms with E-state index in [1.54, 1.807) is 7.11 Å². The quantitative estimate of drug-likeness (QED) is 0.709. The number of hydrogen-bond donors (Lipinski definition) is 0. The monoisotopic (exact) mass is 287 g/mol. The average Bonchev–Trinajstić information content (AvgIpc) is 2.51. The zero-order chi connectivity index (χ0) is 15.7. The molecule has 1 amide bonds. The Bertz CT molecular complexity index is 496. The second-order valence-corrected chi connectivity index (χ2v) is 5.05. The smallest absolute Gasteiger partial charge is 0.227 e. The van der Waals surface area contributed by atoms with Crippen LogP contribution in [0.5, 0.6) is 5.75 Å². The van der Waals surface area contributed by atoms with E-state index >= 15 is 0 Å². The molecule has 0 aliphatic heterocycles. The molecular weight excluding hydrogens is 262 g/mol. The molecule has 0 aromatic heterocycles. The van der Waals surface area contributed by atoms with Crippen LogP contribution in [0.2, 0.25) is 0 Å². The number of unbranched alkanes of at least 4 members (excludes halogenated alkanes) is 1. The van der Waals surface area contributed by atoms with Crippen molar-refractivity contribution in [1.82, 2.24) is 0 Å². The molecule has 1 aromatic rings. The highest BCUT2D eigenvalue weighted by Gasteiger charge is 2.20. The minimum Gasteiger partial charge on any atom is -0.497 e. The second kappa shape index (κ2) is 9.07. The fraction of sp³-hybridized carbons (Fsp3) is 0.500. The molecule has 1 rings (SSSR count). The molecule has 0 radical (unpaired) electrons. The molecule has 1 unspecified atom stereocenters. The van der Waals surface area contributed by atoms with Crippen molar-refractivity contribution in [2.45, 2.75) is 52.5 Å². The van der Waals surface area contributed by atoms with Crippen molar-refractivity contribution >= 4 is 11.6 Å². The highest BCUT2D eigenvalue weighted by atomic mass is 16.5. The van der Waals surface area contributed by atoms with Crippen LogP contribution < -0.4 is 9.64 Å². The van der Waals surface area contributed by atoms with Crippen molar-refractivity contribution in [1.29, 1.82) is 0 Å². The van der Waals surface area contributed by atoms with Gasteiger partial charge in [-0.15, -0.1) is 11.8 Å². The lowest BCUT2D eigenvalue weighted by Crippen LogP contribution is -2.38. The largest absolute Gasteiger partial charge is 0.497 e. The lowest BCUT2D eigenvalue weighted by atomic mass is 10.1. The highest BCUT2D eigenvalue weighted by molar-refractivity contribution is 5.94. The number of hydrogen-bond acceptors (Lipinski definition) is 2. The fourth-order valence-electron chi connectivity index (χ4n) is 2.18. The molecule has 0 spiro atoms. The van der Waals surface area contributed by atoms with Gasteiger partial charge in [-0.05, 0) is 44.5 Å². The van der Waals surface area contributed by atoms with E-state index in [1.165, 1.54) is 0 Å². The molecule has 0 saturated carbocycles. The van der Waals surface area contributed by atoms with Gasteiger partial charge in [0.15, 0.2) is 0 Å². The van der Waals surface area contributed by atoms with Gasteiger partial charge in [0.2, 0.25) is 5.91 Å². The molecule has 1 atom stereocenters. The molecule has 0 heterocycles. The van der Waals surface area contributed by atoms with Crippen molar-refractivity contribution in [2.24, 2.45) is 0 Å². The van der Waals surface area contributed by atoms with E-state index in [0.29, 0.717) is 12.8 Å². The van der Waals surface area contributed by atoms with Gasteiger partial charge in [-0.25, -0.2) is 0 Å². The summed E-state index contributed by atoms with van der Waals surface area (Å²) in [5.74, 6) is 6.91. The van der Waals surface area contributed by atoms with Crippen LogP contribution in [-0.4, -0.2) is 19.1 Å². The van der Waals surface area contributed by atoms with Gasteiger partial charge in [-0.3, -0.25) is 4.79 Å². The van der Waals surface area contributed by atoms with E-state index in [9.17, 15) is 4.79 Å². The number of carbonyl (C=O) groups excluding carboxylic acids is 1. The van der Waals surface area contributed by atoms with E-state index in [2.05, 4.69) is 18.8 Å².